The minimum absolute atomic E-state index is 0.118. The molecule has 0 bridgehead atoms. The number of hydrogen-bond donors (Lipinski definition) is 1. The number of fused-ring (bicyclic) bond motifs is 1. The molecule has 2 aliphatic rings. The van der Waals surface area contributed by atoms with Gasteiger partial charge in [-0.3, -0.25) is 15.1 Å². The quantitative estimate of drug-likeness (QED) is 0.596. The van der Waals surface area contributed by atoms with Gasteiger partial charge in [-0.1, -0.05) is 11.6 Å². The fourth-order valence-electron chi connectivity index (χ4n) is 2.90. The minimum atomic E-state index is -3.96. The largest absolute Gasteiger partial charge is 0.427 e. The lowest BCUT2D eigenvalue weighted by atomic mass is 10.0. The zero-order valence-corrected chi connectivity index (χ0v) is 15.7. The van der Waals surface area contributed by atoms with Crippen molar-refractivity contribution in [3.63, 3.8) is 0 Å². The SMILES string of the molecule is CONC1=CCS(=O)(=O)c2c(F)cc(C(=O)OC3=CC(=O)CCC3)c(Cl)c21. The van der Waals surface area contributed by atoms with E-state index in [1.54, 1.807) is 0 Å². The molecule has 0 aromatic heterocycles. The van der Waals surface area contributed by atoms with Crippen molar-refractivity contribution in [2.45, 2.75) is 24.2 Å². The molecule has 0 atom stereocenters. The van der Waals surface area contributed by atoms with E-state index < -0.39 is 32.3 Å². The molecule has 1 aromatic rings. The van der Waals surface area contributed by atoms with Crippen LogP contribution in [0.5, 0.6) is 0 Å². The fraction of sp³-hybridized carbons (Fsp3) is 0.294. The van der Waals surface area contributed by atoms with E-state index in [4.69, 9.17) is 21.2 Å². The molecule has 0 saturated heterocycles. The van der Waals surface area contributed by atoms with Crippen LogP contribution in [0.1, 0.15) is 35.2 Å². The van der Waals surface area contributed by atoms with Crippen LogP contribution in [-0.2, 0) is 24.2 Å². The maximum absolute atomic E-state index is 14.6. The van der Waals surface area contributed by atoms with Crippen molar-refractivity contribution >= 4 is 38.9 Å². The number of hydrogen-bond acceptors (Lipinski definition) is 7. The topological polar surface area (TPSA) is 98.8 Å². The van der Waals surface area contributed by atoms with Crippen molar-refractivity contribution in [3.8, 4) is 0 Å². The van der Waals surface area contributed by atoms with Gasteiger partial charge in [-0.2, -0.15) is 0 Å². The zero-order valence-electron chi connectivity index (χ0n) is 14.2. The first kappa shape index (κ1) is 19.5. The summed E-state index contributed by atoms with van der Waals surface area (Å²) in [4.78, 5) is 28.1. The highest BCUT2D eigenvalue weighted by atomic mass is 35.5. The highest BCUT2D eigenvalue weighted by Crippen LogP contribution is 2.38. The number of esters is 1. The third kappa shape index (κ3) is 3.76. The molecule has 1 heterocycles. The first-order chi connectivity index (χ1) is 12.7. The third-order valence-corrected chi connectivity index (χ3v) is 6.10. The zero-order chi connectivity index (χ0) is 19.8. The predicted octanol–water partition coefficient (Wildman–Crippen LogP) is 2.55. The van der Waals surface area contributed by atoms with Gasteiger partial charge in [-0.15, -0.1) is 0 Å². The van der Waals surface area contributed by atoms with E-state index in [0.717, 1.165) is 6.07 Å². The van der Waals surface area contributed by atoms with Gasteiger partial charge in [0.2, 0.25) is 0 Å². The molecule has 10 heteroatoms. The summed E-state index contributed by atoms with van der Waals surface area (Å²) in [6.45, 7) is 0. The van der Waals surface area contributed by atoms with Crippen molar-refractivity contribution < 1.29 is 32.0 Å². The van der Waals surface area contributed by atoms with Crippen LogP contribution in [0.4, 0.5) is 4.39 Å². The van der Waals surface area contributed by atoms with Gasteiger partial charge >= 0.3 is 5.97 Å². The number of rotatable bonds is 4. The summed E-state index contributed by atoms with van der Waals surface area (Å²) in [5.74, 6) is -2.57. The number of carbonyl (C=O) groups excluding carboxylic acids is 2. The highest BCUT2D eigenvalue weighted by Gasteiger charge is 2.34. The smallest absolute Gasteiger partial charge is 0.344 e. The summed E-state index contributed by atoms with van der Waals surface area (Å²) in [7, 11) is -2.67. The molecule has 0 radical (unpaired) electrons. The Bertz CT molecular complexity index is 999. The van der Waals surface area contributed by atoms with Gasteiger partial charge in [-0.25, -0.2) is 17.6 Å². The number of ketones is 1. The fourth-order valence-corrected chi connectivity index (χ4v) is 4.71. The van der Waals surface area contributed by atoms with Gasteiger partial charge in [0, 0.05) is 24.5 Å². The summed E-state index contributed by atoms with van der Waals surface area (Å²) in [5.41, 5.74) is 2.00. The van der Waals surface area contributed by atoms with Gasteiger partial charge in [0.15, 0.2) is 15.6 Å². The van der Waals surface area contributed by atoms with Gasteiger partial charge in [0.1, 0.15) is 16.5 Å². The number of carbonyl (C=O) groups is 2. The minimum Gasteiger partial charge on any atom is -0.427 e. The second-order valence-corrected chi connectivity index (χ2v) is 8.30. The standard InChI is InChI=1S/C17H15ClFNO6S/c1-25-20-13-5-6-27(23,24)16-12(19)8-11(15(18)14(13)16)17(22)26-10-4-2-3-9(21)7-10/h5,7-8,20H,2-4,6H2,1H3. The normalized spacial score (nSPS) is 18.3. The summed E-state index contributed by atoms with van der Waals surface area (Å²) in [6, 6.07) is 0.724. The first-order valence-corrected chi connectivity index (χ1v) is 9.97. The molecule has 1 aromatic carbocycles. The Morgan fingerprint density at radius 1 is 1.33 bits per heavy atom. The Hall–Kier alpha value is -2.23. The predicted molar refractivity (Wildman–Crippen MR) is 93.9 cm³/mol. The first-order valence-electron chi connectivity index (χ1n) is 7.94. The van der Waals surface area contributed by atoms with Crippen LogP contribution in [0, 0.1) is 5.82 Å². The molecule has 1 aliphatic carbocycles. The van der Waals surface area contributed by atoms with E-state index in [9.17, 15) is 22.4 Å². The van der Waals surface area contributed by atoms with Crippen LogP contribution < -0.4 is 5.48 Å². The van der Waals surface area contributed by atoms with Crippen molar-refractivity contribution in [3.05, 3.63) is 45.9 Å². The van der Waals surface area contributed by atoms with Crippen LogP contribution in [-0.4, -0.2) is 33.0 Å². The second kappa shape index (κ2) is 7.41. The average molecular weight is 416 g/mol. The molecule has 3 rings (SSSR count). The summed E-state index contributed by atoms with van der Waals surface area (Å²) < 4.78 is 44.3. The summed E-state index contributed by atoms with van der Waals surface area (Å²) in [6.07, 6.45) is 3.76. The van der Waals surface area contributed by atoms with Gasteiger partial charge < -0.3 is 4.74 Å². The van der Waals surface area contributed by atoms with E-state index in [0.29, 0.717) is 19.3 Å². The lowest BCUT2D eigenvalue weighted by molar-refractivity contribution is -0.115. The molecular weight excluding hydrogens is 401 g/mol. The maximum Gasteiger partial charge on any atom is 0.344 e. The second-order valence-electron chi connectivity index (χ2n) is 5.95. The molecule has 1 aliphatic heterocycles. The molecule has 0 spiro atoms. The number of halogens is 2. The highest BCUT2D eigenvalue weighted by molar-refractivity contribution is 7.91. The molecule has 144 valence electrons. The van der Waals surface area contributed by atoms with Gasteiger partial charge in [-0.05, 0) is 18.6 Å². The van der Waals surface area contributed by atoms with Crippen molar-refractivity contribution in [1.82, 2.24) is 5.48 Å². The molecular formula is C17H15ClFNO6S. The van der Waals surface area contributed by atoms with Gasteiger partial charge in [0.25, 0.3) is 0 Å². The number of sulfone groups is 1. The van der Waals surface area contributed by atoms with Gasteiger partial charge in [0.05, 0.1) is 29.1 Å². The average Bonchev–Trinajstić information content (AvgIpc) is 2.59. The third-order valence-electron chi connectivity index (χ3n) is 4.08. The molecule has 0 unspecified atom stereocenters. The van der Waals surface area contributed by atoms with E-state index in [2.05, 4.69) is 5.48 Å². The molecule has 7 nitrogen and oxygen atoms in total. The van der Waals surface area contributed by atoms with Crippen LogP contribution >= 0.6 is 11.6 Å². The molecule has 27 heavy (non-hydrogen) atoms. The van der Waals surface area contributed by atoms with Crippen molar-refractivity contribution in [1.29, 1.82) is 0 Å². The number of nitrogens with one attached hydrogen (secondary N) is 1. The van der Waals surface area contributed by atoms with E-state index in [1.807, 2.05) is 0 Å². The molecule has 0 amide bonds. The van der Waals surface area contributed by atoms with Crippen LogP contribution in [0.25, 0.3) is 5.70 Å². The Balaban J connectivity index is 2.08. The Morgan fingerprint density at radius 2 is 2.07 bits per heavy atom. The molecule has 0 fully saturated rings. The summed E-state index contributed by atoms with van der Waals surface area (Å²) in [5, 5.41) is -0.293. The Kier molecular flexibility index (Phi) is 5.36. The molecule has 0 saturated carbocycles. The number of benzene rings is 1. The van der Waals surface area contributed by atoms with Crippen molar-refractivity contribution in [2.24, 2.45) is 0 Å². The van der Waals surface area contributed by atoms with E-state index >= 15 is 0 Å². The van der Waals surface area contributed by atoms with Crippen molar-refractivity contribution in [2.75, 3.05) is 12.9 Å². The lowest BCUT2D eigenvalue weighted by Gasteiger charge is -2.22. The Labute approximate surface area is 159 Å². The van der Waals surface area contributed by atoms with Crippen LogP contribution in [0.3, 0.4) is 0 Å². The monoisotopic (exact) mass is 415 g/mol. The number of ether oxygens (including phenoxy) is 1. The van der Waals surface area contributed by atoms with E-state index in [-0.39, 0.29) is 33.4 Å². The maximum atomic E-state index is 14.6. The Morgan fingerprint density at radius 3 is 2.74 bits per heavy atom. The van der Waals surface area contributed by atoms with Crippen LogP contribution in [0.15, 0.2) is 28.9 Å². The van der Waals surface area contributed by atoms with E-state index in [1.165, 1.54) is 19.3 Å². The summed E-state index contributed by atoms with van der Waals surface area (Å²) >= 11 is 6.24. The number of allylic oxidation sites excluding steroid dienone is 2. The number of hydroxylamine groups is 1. The van der Waals surface area contributed by atoms with Crippen LogP contribution in [0.2, 0.25) is 5.02 Å². The lowest BCUT2D eigenvalue weighted by Crippen LogP contribution is -2.23. The molecule has 1 N–H and O–H groups in total.